The Morgan fingerprint density at radius 3 is 2.38 bits per heavy atom. The van der Waals surface area contributed by atoms with Crippen molar-refractivity contribution in [2.45, 2.75) is 13.0 Å². The molecule has 0 saturated carbocycles. The zero-order chi connectivity index (χ0) is 12.2. The number of phenols is 1. The minimum Gasteiger partial charge on any atom is -0.508 e. The zero-order valence-corrected chi connectivity index (χ0v) is 10.3. The van der Waals surface area contributed by atoms with Crippen molar-refractivity contribution in [3.05, 3.63) is 29.8 Å². The van der Waals surface area contributed by atoms with Gasteiger partial charge in [-0.15, -0.1) is 0 Å². The molecule has 0 saturated heterocycles. The summed E-state index contributed by atoms with van der Waals surface area (Å²) in [6, 6.07) is 6.93. The van der Waals surface area contributed by atoms with Gasteiger partial charge < -0.3 is 10.4 Å². The van der Waals surface area contributed by atoms with Crippen molar-refractivity contribution in [1.82, 2.24) is 5.32 Å². The van der Waals surface area contributed by atoms with Crippen LogP contribution in [0.3, 0.4) is 0 Å². The van der Waals surface area contributed by atoms with Crippen molar-refractivity contribution < 1.29 is 13.5 Å². The van der Waals surface area contributed by atoms with Gasteiger partial charge in [0.2, 0.25) is 0 Å². The van der Waals surface area contributed by atoms with E-state index in [1.807, 2.05) is 19.1 Å². The summed E-state index contributed by atoms with van der Waals surface area (Å²) < 4.78 is 21.8. The Morgan fingerprint density at radius 1 is 1.31 bits per heavy atom. The minimum absolute atomic E-state index is 0.0716. The third kappa shape index (κ3) is 4.63. The van der Waals surface area contributed by atoms with E-state index in [1.54, 1.807) is 12.1 Å². The summed E-state index contributed by atoms with van der Waals surface area (Å²) in [5.41, 5.74) is 1.02. The van der Waals surface area contributed by atoms with Gasteiger partial charge in [-0.05, 0) is 24.6 Å². The molecule has 1 aromatic carbocycles. The molecule has 0 aliphatic heterocycles. The average Bonchev–Trinajstić information content (AvgIpc) is 2.16. The summed E-state index contributed by atoms with van der Waals surface area (Å²) >= 11 is 0. The fourth-order valence-corrected chi connectivity index (χ4v) is 1.83. The Labute approximate surface area is 96.2 Å². The molecule has 0 aliphatic carbocycles. The van der Waals surface area contributed by atoms with Crippen LogP contribution in [0.25, 0.3) is 0 Å². The number of nitrogens with one attached hydrogen (secondary N) is 1. The average molecular weight is 243 g/mol. The van der Waals surface area contributed by atoms with Gasteiger partial charge >= 0.3 is 0 Å². The lowest BCUT2D eigenvalue weighted by molar-refractivity contribution is 0.474. The van der Waals surface area contributed by atoms with Crippen LogP contribution in [0.2, 0.25) is 0 Å². The number of hydrogen-bond acceptors (Lipinski definition) is 4. The molecule has 1 aromatic rings. The smallest absolute Gasteiger partial charge is 0.148 e. The second-order valence-electron chi connectivity index (χ2n) is 3.90. The largest absolute Gasteiger partial charge is 0.508 e. The summed E-state index contributed by atoms with van der Waals surface area (Å²) in [7, 11) is -2.91. The molecule has 0 radical (unpaired) electrons. The molecule has 1 rings (SSSR count). The minimum atomic E-state index is -2.91. The van der Waals surface area contributed by atoms with Gasteiger partial charge in [-0.1, -0.05) is 12.1 Å². The highest BCUT2D eigenvalue weighted by Gasteiger charge is 2.06. The molecule has 0 aromatic heterocycles. The first kappa shape index (κ1) is 13.0. The quantitative estimate of drug-likeness (QED) is 0.812. The molecular weight excluding hydrogens is 226 g/mol. The van der Waals surface area contributed by atoms with Crippen molar-refractivity contribution in [3.8, 4) is 5.75 Å². The van der Waals surface area contributed by atoms with Crippen LogP contribution in [-0.4, -0.2) is 32.1 Å². The fourth-order valence-electron chi connectivity index (χ4n) is 1.34. The van der Waals surface area contributed by atoms with Gasteiger partial charge in [0.05, 0.1) is 5.75 Å². The summed E-state index contributed by atoms with van der Waals surface area (Å²) in [5, 5.41) is 12.2. The Morgan fingerprint density at radius 2 is 1.88 bits per heavy atom. The van der Waals surface area contributed by atoms with Crippen molar-refractivity contribution >= 4 is 9.84 Å². The Hall–Kier alpha value is -1.07. The molecule has 1 unspecified atom stereocenters. The van der Waals surface area contributed by atoms with E-state index in [1.165, 1.54) is 6.26 Å². The van der Waals surface area contributed by atoms with Gasteiger partial charge in [-0.25, -0.2) is 8.42 Å². The zero-order valence-electron chi connectivity index (χ0n) is 9.47. The molecule has 0 heterocycles. The van der Waals surface area contributed by atoms with Crippen molar-refractivity contribution in [2.75, 3.05) is 18.6 Å². The van der Waals surface area contributed by atoms with Gasteiger partial charge in [0.15, 0.2) is 0 Å². The lowest BCUT2D eigenvalue weighted by Crippen LogP contribution is -2.25. The van der Waals surface area contributed by atoms with E-state index in [9.17, 15) is 8.42 Å². The van der Waals surface area contributed by atoms with E-state index in [-0.39, 0.29) is 17.5 Å². The van der Waals surface area contributed by atoms with Crippen LogP contribution in [0.15, 0.2) is 24.3 Å². The van der Waals surface area contributed by atoms with Crippen LogP contribution < -0.4 is 5.32 Å². The van der Waals surface area contributed by atoms with E-state index in [0.717, 1.165) is 5.56 Å². The van der Waals surface area contributed by atoms with E-state index in [2.05, 4.69) is 5.32 Å². The maximum Gasteiger partial charge on any atom is 0.148 e. The van der Waals surface area contributed by atoms with Crippen molar-refractivity contribution in [3.63, 3.8) is 0 Å². The van der Waals surface area contributed by atoms with E-state index in [0.29, 0.717) is 6.54 Å². The van der Waals surface area contributed by atoms with Crippen molar-refractivity contribution in [2.24, 2.45) is 0 Å². The van der Waals surface area contributed by atoms with Crippen LogP contribution in [0.4, 0.5) is 0 Å². The van der Waals surface area contributed by atoms with E-state index >= 15 is 0 Å². The predicted molar refractivity (Wildman–Crippen MR) is 64.2 cm³/mol. The maximum atomic E-state index is 10.9. The SMILES string of the molecule is CC(NCCS(C)(=O)=O)c1ccc(O)cc1. The van der Waals surface area contributed by atoms with Crippen molar-refractivity contribution in [1.29, 1.82) is 0 Å². The van der Waals surface area contributed by atoms with Crippen LogP contribution in [-0.2, 0) is 9.84 Å². The lowest BCUT2D eigenvalue weighted by Gasteiger charge is -2.13. The number of aromatic hydroxyl groups is 1. The molecule has 0 spiro atoms. The molecule has 0 fully saturated rings. The Bertz CT molecular complexity index is 425. The van der Waals surface area contributed by atoms with Crippen LogP contribution in [0, 0.1) is 0 Å². The van der Waals surface area contributed by atoms with E-state index < -0.39 is 9.84 Å². The highest BCUT2D eigenvalue weighted by atomic mass is 32.2. The second-order valence-corrected chi connectivity index (χ2v) is 6.16. The molecule has 0 aliphatic rings. The summed E-state index contributed by atoms with van der Waals surface area (Å²) in [5.74, 6) is 0.363. The molecule has 90 valence electrons. The number of phenolic OH excluding ortho intramolecular Hbond substituents is 1. The predicted octanol–water partition coefficient (Wildman–Crippen LogP) is 1.09. The molecule has 5 heteroatoms. The molecule has 4 nitrogen and oxygen atoms in total. The molecule has 0 amide bonds. The van der Waals surface area contributed by atoms with Gasteiger partial charge in [-0.2, -0.15) is 0 Å². The lowest BCUT2D eigenvalue weighted by atomic mass is 10.1. The Balaban J connectivity index is 2.47. The monoisotopic (exact) mass is 243 g/mol. The second kappa shape index (κ2) is 5.32. The third-order valence-electron chi connectivity index (χ3n) is 2.32. The van der Waals surface area contributed by atoms with E-state index in [4.69, 9.17) is 5.11 Å². The number of benzene rings is 1. The Kier molecular flexibility index (Phi) is 4.32. The molecule has 16 heavy (non-hydrogen) atoms. The highest BCUT2D eigenvalue weighted by molar-refractivity contribution is 7.90. The number of sulfone groups is 1. The topological polar surface area (TPSA) is 66.4 Å². The number of rotatable bonds is 5. The fraction of sp³-hybridized carbons (Fsp3) is 0.455. The first-order valence-corrected chi connectivity index (χ1v) is 7.14. The summed E-state index contributed by atoms with van der Waals surface area (Å²) in [6.45, 7) is 2.38. The third-order valence-corrected chi connectivity index (χ3v) is 3.26. The summed E-state index contributed by atoms with van der Waals surface area (Å²) in [6.07, 6.45) is 1.22. The van der Waals surface area contributed by atoms with Crippen LogP contribution in [0.5, 0.6) is 5.75 Å². The first-order valence-electron chi connectivity index (χ1n) is 5.08. The first-order chi connectivity index (χ1) is 7.38. The van der Waals surface area contributed by atoms with Gasteiger partial charge in [0.25, 0.3) is 0 Å². The molecule has 0 bridgehead atoms. The maximum absolute atomic E-state index is 10.9. The molecule has 2 N–H and O–H groups in total. The molecular formula is C11H17NO3S. The molecule has 1 atom stereocenters. The van der Waals surface area contributed by atoms with Gasteiger partial charge in [0, 0.05) is 18.8 Å². The van der Waals surface area contributed by atoms with Crippen LogP contribution >= 0.6 is 0 Å². The van der Waals surface area contributed by atoms with Crippen LogP contribution in [0.1, 0.15) is 18.5 Å². The highest BCUT2D eigenvalue weighted by Crippen LogP contribution is 2.15. The standard InChI is InChI=1S/C11H17NO3S/c1-9(12-7-8-16(2,14)15)10-3-5-11(13)6-4-10/h3-6,9,12-13H,7-8H2,1-2H3. The van der Waals surface area contributed by atoms with Gasteiger partial charge in [-0.3, -0.25) is 0 Å². The van der Waals surface area contributed by atoms with Gasteiger partial charge in [0.1, 0.15) is 15.6 Å². The normalized spacial score (nSPS) is 13.6. The summed E-state index contributed by atoms with van der Waals surface area (Å²) in [4.78, 5) is 0. The number of hydrogen-bond donors (Lipinski definition) is 2.